The number of nitrogens with one attached hydrogen (secondary N) is 1. The summed E-state index contributed by atoms with van der Waals surface area (Å²) in [5.74, 6) is 1.34. The lowest BCUT2D eigenvalue weighted by Crippen LogP contribution is -2.11. The molecule has 126 valence electrons. The number of hydrogen-bond acceptors (Lipinski definition) is 6. The van der Waals surface area contributed by atoms with Gasteiger partial charge < -0.3 is 10.1 Å². The number of tetrazole rings is 1. The summed E-state index contributed by atoms with van der Waals surface area (Å²) in [6.07, 6.45) is 0.0307. The molecule has 3 rings (SSSR count). The summed E-state index contributed by atoms with van der Waals surface area (Å²) in [6.45, 7) is 4.31. The number of aromatic nitrogens is 4. The fourth-order valence-corrected chi connectivity index (χ4v) is 2.35. The van der Waals surface area contributed by atoms with Crippen LogP contribution in [0.2, 0.25) is 0 Å². The van der Waals surface area contributed by atoms with E-state index in [9.17, 15) is 0 Å². The van der Waals surface area contributed by atoms with E-state index in [2.05, 4.69) is 26.9 Å². The average Bonchev–Trinajstić information content (AvgIpc) is 3.09. The molecule has 7 nitrogen and oxygen atoms in total. The van der Waals surface area contributed by atoms with Crippen molar-refractivity contribution in [2.75, 3.05) is 5.32 Å². The molecule has 0 saturated heterocycles. The van der Waals surface area contributed by atoms with Crippen LogP contribution in [-0.4, -0.2) is 26.3 Å². The summed E-state index contributed by atoms with van der Waals surface area (Å²) < 4.78 is 7.47. The average molecular weight is 334 g/mol. The van der Waals surface area contributed by atoms with Gasteiger partial charge in [0, 0.05) is 0 Å². The van der Waals surface area contributed by atoms with Gasteiger partial charge in [0.15, 0.2) is 5.82 Å². The number of nitriles is 1. The van der Waals surface area contributed by atoms with Crippen LogP contribution in [0.5, 0.6) is 5.75 Å². The number of nitrogens with zero attached hydrogens (tertiary/aromatic N) is 5. The van der Waals surface area contributed by atoms with E-state index in [-0.39, 0.29) is 6.10 Å². The van der Waals surface area contributed by atoms with Crippen molar-refractivity contribution in [3.8, 4) is 17.5 Å². The second kappa shape index (κ2) is 7.45. The van der Waals surface area contributed by atoms with Gasteiger partial charge in [0.1, 0.15) is 5.75 Å². The fraction of sp³-hybridized carbons (Fsp3) is 0.222. The van der Waals surface area contributed by atoms with E-state index in [4.69, 9.17) is 10.00 Å². The minimum atomic E-state index is 0.0307. The molecule has 0 radical (unpaired) electrons. The van der Waals surface area contributed by atoms with Gasteiger partial charge in [0.05, 0.1) is 35.7 Å². The lowest BCUT2D eigenvalue weighted by atomic mass is 10.2. The first kappa shape index (κ1) is 16.5. The van der Waals surface area contributed by atoms with Crippen LogP contribution in [0, 0.1) is 11.3 Å². The summed E-state index contributed by atoms with van der Waals surface area (Å²) in [5, 5.41) is 24.3. The molecule has 0 amide bonds. The van der Waals surface area contributed by atoms with Crippen LogP contribution in [-0.2, 0) is 6.54 Å². The highest BCUT2D eigenvalue weighted by molar-refractivity contribution is 5.60. The molecule has 1 aromatic heterocycles. The maximum absolute atomic E-state index is 9.12. The Bertz CT molecular complexity index is 882. The molecule has 0 atom stereocenters. The van der Waals surface area contributed by atoms with E-state index in [1.54, 1.807) is 22.9 Å². The molecule has 0 aliphatic heterocycles. The fourth-order valence-electron chi connectivity index (χ4n) is 2.35. The van der Waals surface area contributed by atoms with Crippen molar-refractivity contribution in [2.45, 2.75) is 26.5 Å². The molecular weight excluding hydrogens is 316 g/mol. The minimum Gasteiger partial charge on any atom is -0.489 e. The molecule has 0 spiro atoms. The minimum absolute atomic E-state index is 0.0307. The molecule has 0 bridgehead atoms. The summed E-state index contributed by atoms with van der Waals surface area (Å²) in [7, 11) is 0. The Hall–Kier alpha value is -3.40. The van der Waals surface area contributed by atoms with Gasteiger partial charge in [-0.25, -0.2) is 0 Å². The zero-order valence-corrected chi connectivity index (χ0v) is 14.0. The van der Waals surface area contributed by atoms with Crippen LogP contribution in [0.1, 0.15) is 25.2 Å². The predicted molar refractivity (Wildman–Crippen MR) is 93.4 cm³/mol. The molecule has 2 aromatic carbocycles. The van der Waals surface area contributed by atoms with Gasteiger partial charge in [-0.05, 0) is 54.6 Å². The van der Waals surface area contributed by atoms with Gasteiger partial charge in [-0.15, -0.1) is 5.10 Å². The Kier molecular flexibility index (Phi) is 4.90. The third-order valence-corrected chi connectivity index (χ3v) is 3.44. The molecule has 0 saturated carbocycles. The summed E-state index contributed by atoms with van der Waals surface area (Å²) in [4.78, 5) is 0. The van der Waals surface area contributed by atoms with Crippen molar-refractivity contribution in [3.05, 3.63) is 59.9 Å². The van der Waals surface area contributed by atoms with Gasteiger partial charge in [0.25, 0.3) is 0 Å². The zero-order valence-electron chi connectivity index (χ0n) is 14.0. The number of benzene rings is 2. The second-order valence-electron chi connectivity index (χ2n) is 5.69. The van der Waals surface area contributed by atoms with E-state index in [1.165, 1.54) is 0 Å². The van der Waals surface area contributed by atoms with Gasteiger partial charge in [-0.1, -0.05) is 18.2 Å². The van der Waals surface area contributed by atoms with Crippen LogP contribution < -0.4 is 10.1 Å². The molecule has 1 heterocycles. The SMILES string of the molecule is CC(C)Oc1ccc(C#N)cc1NCc1nnnn1-c1ccccc1. The number of ether oxygens (including phenoxy) is 1. The van der Waals surface area contributed by atoms with Gasteiger partial charge >= 0.3 is 0 Å². The van der Waals surface area contributed by atoms with Crippen molar-refractivity contribution >= 4 is 5.69 Å². The van der Waals surface area contributed by atoms with E-state index in [0.717, 1.165) is 11.4 Å². The molecule has 3 aromatic rings. The monoisotopic (exact) mass is 334 g/mol. The number of anilines is 1. The van der Waals surface area contributed by atoms with Crippen molar-refractivity contribution in [3.63, 3.8) is 0 Å². The van der Waals surface area contributed by atoms with E-state index >= 15 is 0 Å². The summed E-state index contributed by atoms with van der Waals surface area (Å²) in [6, 6.07) is 17.1. The Morgan fingerprint density at radius 3 is 2.72 bits per heavy atom. The quantitative estimate of drug-likeness (QED) is 0.745. The van der Waals surface area contributed by atoms with Crippen molar-refractivity contribution in [1.29, 1.82) is 5.26 Å². The summed E-state index contributed by atoms with van der Waals surface area (Å²) in [5.41, 5.74) is 2.17. The maximum atomic E-state index is 9.12. The maximum Gasteiger partial charge on any atom is 0.175 e. The molecular formula is C18H18N6O. The first-order valence-corrected chi connectivity index (χ1v) is 7.94. The molecule has 25 heavy (non-hydrogen) atoms. The molecule has 0 aliphatic carbocycles. The van der Waals surface area contributed by atoms with Crippen molar-refractivity contribution < 1.29 is 4.74 Å². The zero-order chi connectivity index (χ0) is 17.6. The number of hydrogen-bond donors (Lipinski definition) is 1. The van der Waals surface area contributed by atoms with Gasteiger partial charge in [-0.2, -0.15) is 9.94 Å². The second-order valence-corrected chi connectivity index (χ2v) is 5.69. The standard InChI is InChI=1S/C18H18N6O/c1-13(2)25-17-9-8-14(11-19)10-16(17)20-12-18-21-22-23-24(18)15-6-4-3-5-7-15/h3-10,13,20H,12H2,1-2H3. The van der Waals surface area contributed by atoms with E-state index in [1.807, 2.05) is 44.2 Å². The first-order chi connectivity index (χ1) is 12.2. The number of rotatable bonds is 6. The smallest absolute Gasteiger partial charge is 0.175 e. The topological polar surface area (TPSA) is 88.7 Å². The largest absolute Gasteiger partial charge is 0.489 e. The normalized spacial score (nSPS) is 10.5. The lowest BCUT2D eigenvalue weighted by molar-refractivity contribution is 0.243. The predicted octanol–water partition coefficient (Wildman–Crippen LogP) is 2.93. The molecule has 0 fully saturated rings. The van der Waals surface area contributed by atoms with Crippen molar-refractivity contribution in [1.82, 2.24) is 20.2 Å². The van der Waals surface area contributed by atoms with Crippen LogP contribution in [0.4, 0.5) is 5.69 Å². The molecule has 0 aliphatic rings. The van der Waals surface area contributed by atoms with Crippen molar-refractivity contribution in [2.24, 2.45) is 0 Å². The first-order valence-electron chi connectivity index (χ1n) is 7.94. The Labute approximate surface area is 145 Å². The Morgan fingerprint density at radius 2 is 2.00 bits per heavy atom. The Morgan fingerprint density at radius 1 is 1.20 bits per heavy atom. The van der Waals surface area contributed by atoms with E-state index < -0.39 is 0 Å². The third kappa shape index (κ3) is 3.93. The molecule has 7 heteroatoms. The molecule has 1 N–H and O–H groups in total. The van der Waals surface area contributed by atoms with Gasteiger partial charge in [0.2, 0.25) is 0 Å². The highest BCUT2D eigenvalue weighted by atomic mass is 16.5. The van der Waals surface area contributed by atoms with Gasteiger partial charge in [-0.3, -0.25) is 0 Å². The third-order valence-electron chi connectivity index (χ3n) is 3.44. The van der Waals surface area contributed by atoms with Crippen LogP contribution in [0.15, 0.2) is 48.5 Å². The Balaban J connectivity index is 1.83. The van der Waals surface area contributed by atoms with Crippen LogP contribution in [0.25, 0.3) is 5.69 Å². The molecule has 0 unspecified atom stereocenters. The van der Waals surface area contributed by atoms with Crippen LogP contribution >= 0.6 is 0 Å². The van der Waals surface area contributed by atoms with Crippen LogP contribution in [0.3, 0.4) is 0 Å². The highest BCUT2D eigenvalue weighted by Crippen LogP contribution is 2.27. The summed E-state index contributed by atoms with van der Waals surface area (Å²) >= 11 is 0. The van der Waals surface area contributed by atoms with E-state index in [0.29, 0.717) is 23.7 Å². The highest BCUT2D eigenvalue weighted by Gasteiger charge is 2.11. The lowest BCUT2D eigenvalue weighted by Gasteiger charge is -2.15. The number of para-hydroxylation sites is 1.